The minimum absolute atomic E-state index is 0.0671. The third-order valence-corrected chi connectivity index (χ3v) is 4.95. The molecule has 2 heterocycles. The van der Waals surface area contributed by atoms with Crippen LogP contribution in [0.4, 0.5) is 15.8 Å². The van der Waals surface area contributed by atoms with Crippen LogP contribution < -0.4 is 10.2 Å². The van der Waals surface area contributed by atoms with Crippen LogP contribution in [0.15, 0.2) is 52.9 Å². The Morgan fingerprint density at radius 2 is 1.86 bits per heavy atom. The number of oxazole rings is 1. The van der Waals surface area contributed by atoms with E-state index in [1.807, 2.05) is 24.3 Å². The van der Waals surface area contributed by atoms with Crippen LogP contribution in [0, 0.1) is 12.7 Å². The molecule has 5 nitrogen and oxygen atoms in total. The highest BCUT2D eigenvalue weighted by Gasteiger charge is 2.17. The molecule has 1 fully saturated rings. The van der Waals surface area contributed by atoms with Crippen molar-refractivity contribution in [3.05, 3.63) is 65.8 Å². The average Bonchev–Trinajstić information content (AvgIpc) is 3.33. The molecular weight excluding hydrogens is 357 g/mol. The zero-order valence-electron chi connectivity index (χ0n) is 15.7. The summed E-state index contributed by atoms with van der Waals surface area (Å²) >= 11 is 0. The molecule has 1 saturated heterocycles. The number of aryl methyl sites for hydroxylation is 1. The van der Waals surface area contributed by atoms with Crippen molar-refractivity contribution >= 4 is 17.3 Å². The molecule has 144 valence electrons. The molecule has 1 N–H and O–H groups in total. The largest absolute Gasteiger partial charge is 0.441 e. The lowest BCUT2D eigenvalue weighted by Gasteiger charge is -2.17. The molecule has 0 radical (unpaired) electrons. The lowest BCUT2D eigenvalue weighted by atomic mass is 10.2. The number of benzene rings is 2. The number of amides is 1. The average molecular weight is 379 g/mol. The Bertz CT molecular complexity index is 976. The van der Waals surface area contributed by atoms with Gasteiger partial charge in [0, 0.05) is 24.5 Å². The van der Waals surface area contributed by atoms with Gasteiger partial charge in [0.1, 0.15) is 11.6 Å². The number of rotatable bonds is 5. The van der Waals surface area contributed by atoms with E-state index in [-0.39, 0.29) is 23.8 Å². The Balaban J connectivity index is 1.42. The number of hydrogen-bond donors (Lipinski definition) is 1. The molecule has 0 saturated carbocycles. The highest BCUT2D eigenvalue weighted by molar-refractivity contribution is 5.92. The summed E-state index contributed by atoms with van der Waals surface area (Å²) in [6, 6.07) is 14.2. The molecular formula is C22H22FN3O2. The van der Waals surface area contributed by atoms with Crippen LogP contribution in [-0.2, 0) is 11.2 Å². The third kappa shape index (κ3) is 3.91. The van der Waals surface area contributed by atoms with Gasteiger partial charge in [0.05, 0.1) is 17.7 Å². The number of nitrogens with zero attached hydrogens (tertiary/aromatic N) is 2. The summed E-state index contributed by atoms with van der Waals surface area (Å²) in [5, 5.41) is 2.88. The normalized spacial score (nSPS) is 13.7. The van der Waals surface area contributed by atoms with Gasteiger partial charge in [-0.05, 0) is 56.2 Å². The van der Waals surface area contributed by atoms with E-state index in [1.165, 1.54) is 24.6 Å². The second-order valence-electron chi connectivity index (χ2n) is 6.97. The zero-order chi connectivity index (χ0) is 19.5. The number of carbonyl (C=O) groups is 1. The number of nitrogens with one attached hydrogen (secondary N) is 1. The van der Waals surface area contributed by atoms with Gasteiger partial charge < -0.3 is 14.6 Å². The molecule has 28 heavy (non-hydrogen) atoms. The van der Waals surface area contributed by atoms with Crippen molar-refractivity contribution in [3.63, 3.8) is 0 Å². The summed E-state index contributed by atoms with van der Waals surface area (Å²) in [5.74, 6) is 0.106. The maximum absolute atomic E-state index is 13.9. The summed E-state index contributed by atoms with van der Waals surface area (Å²) in [4.78, 5) is 19.1. The molecule has 0 spiro atoms. The lowest BCUT2D eigenvalue weighted by Crippen LogP contribution is -2.18. The summed E-state index contributed by atoms with van der Waals surface area (Å²) in [7, 11) is 0. The van der Waals surface area contributed by atoms with Crippen molar-refractivity contribution in [2.75, 3.05) is 23.3 Å². The minimum atomic E-state index is -0.405. The van der Waals surface area contributed by atoms with E-state index in [0.717, 1.165) is 18.8 Å². The first kappa shape index (κ1) is 18.2. The topological polar surface area (TPSA) is 58.4 Å². The van der Waals surface area contributed by atoms with Gasteiger partial charge in [-0.1, -0.05) is 12.1 Å². The highest BCUT2D eigenvalue weighted by Crippen LogP contribution is 2.25. The number of carbonyl (C=O) groups excluding carboxylic acids is 1. The van der Waals surface area contributed by atoms with Gasteiger partial charge in [-0.2, -0.15) is 0 Å². The van der Waals surface area contributed by atoms with E-state index in [9.17, 15) is 9.18 Å². The summed E-state index contributed by atoms with van der Waals surface area (Å²) < 4.78 is 19.5. The number of halogens is 1. The molecule has 3 aromatic rings. The van der Waals surface area contributed by atoms with Crippen LogP contribution >= 0.6 is 0 Å². The molecule has 1 aromatic heterocycles. The molecule has 2 aromatic carbocycles. The number of anilines is 2. The van der Waals surface area contributed by atoms with Gasteiger partial charge in [-0.25, -0.2) is 9.37 Å². The highest BCUT2D eigenvalue weighted by atomic mass is 19.1. The van der Waals surface area contributed by atoms with E-state index in [2.05, 4.69) is 15.2 Å². The molecule has 0 atom stereocenters. The van der Waals surface area contributed by atoms with Gasteiger partial charge in [-0.15, -0.1) is 0 Å². The Labute approximate surface area is 163 Å². The van der Waals surface area contributed by atoms with Gasteiger partial charge >= 0.3 is 0 Å². The minimum Gasteiger partial charge on any atom is -0.441 e. The molecule has 1 aliphatic rings. The zero-order valence-corrected chi connectivity index (χ0v) is 15.7. The van der Waals surface area contributed by atoms with Crippen LogP contribution in [0.2, 0.25) is 0 Å². The molecule has 1 aliphatic heterocycles. The predicted molar refractivity (Wildman–Crippen MR) is 107 cm³/mol. The fourth-order valence-electron chi connectivity index (χ4n) is 3.43. The van der Waals surface area contributed by atoms with Crippen LogP contribution in [0.3, 0.4) is 0 Å². The Hall–Kier alpha value is -3.15. The van der Waals surface area contributed by atoms with Gasteiger partial charge in [0.25, 0.3) is 0 Å². The molecule has 0 unspecified atom stereocenters. The van der Waals surface area contributed by atoms with Gasteiger partial charge in [-0.3, -0.25) is 4.79 Å². The van der Waals surface area contributed by atoms with Crippen molar-refractivity contribution < 1.29 is 13.6 Å². The maximum Gasteiger partial charge on any atom is 0.230 e. The van der Waals surface area contributed by atoms with Crippen LogP contribution in [0.5, 0.6) is 0 Å². The molecule has 0 aliphatic carbocycles. The van der Waals surface area contributed by atoms with E-state index in [4.69, 9.17) is 4.42 Å². The Kier molecular flexibility index (Phi) is 5.10. The first-order chi connectivity index (χ1) is 13.6. The van der Waals surface area contributed by atoms with E-state index in [0.29, 0.717) is 11.5 Å². The lowest BCUT2D eigenvalue weighted by molar-refractivity contribution is -0.115. The van der Waals surface area contributed by atoms with Crippen molar-refractivity contribution in [1.82, 2.24) is 4.98 Å². The fraction of sp³-hybridized carbons (Fsp3) is 0.273. The van der Waals surface area contributed by atoms with E-state index in [1.54, 1.807) is 25.1 Å². The SMILES string of the molecule is Cc1oc(-c2ccccc2F)nc1CC(=O)Nc1ccc(N2CCCC2)cc1. The van der Waals surface area contributed by atoms with Crippen LogP contribution in [-0.4, -0.2) is 24.0 Å². The second kappa shape index (κ2) is 7.84. The third-order valence-electron chi connectivity index (χ3n) is 4.95. The predicted octanol–water partition coefficient (Wildman–Crippen LogP) is 4.57. The maximum atomic E-state index is 13.9. The van der Waals surface area contributed by atoms with Crippen molar-refractivity contribution in [1.29, 1.82) is 0 Å². The Morgan fingerprint density at radius 1 is 1.14 bits per heavy atom. The second-order valence-corrected chi connectivity index (χ2v) is 6.97. The quantitative estimate of drug-likeness (QED) is 0.705. The van der Waals surface area contributed by atoms with Crippen molar-refractivity contribution in [2.45, 2.75) is 26.2 Å². The van der Waals surface area contributed by atoms with E-state index < -0.39 is 5.82 Å². The fourth-order valence-corrected chi connectivity index (χ4v) is 3.43. The molecule has 1 amide bonds. The number of hydrogen-bond acceptors (Lipinski definition) is 4. The first-order valence-corrected chi connectivity index (χ1v) is 9.46. The molecule has 0 bridgehead atoms. The summed E-state index contributed by atoms with van der Waals surface area (Å²) in [6.45, 7) is 3.90. The molecule has 4 rings (SSSR count). The van der Waals surface area contributed by atoms with E-state index >= 15 is 0 Å². The van der Waals surface area contributed by atoms with Crippen molar-refractivity contribution in [3.8, 4) is 11.5 Å². The van der Waals surface area contributed by atoms with Crippen LogP contribution in [0.25, 0.3) is 11.5 Å². The van der Waals surface area contributed by atoms with Gasteiger partial charge in [0.2, 0.25) is 11.8 Å². The molecule has 6 heteroatoms. The summed E-state index contributed by atoms with van der Waals surface area (Å²) in [5.41, 5.74) is 2.71. The van der Waals surface area contributed by atoms with Crippen molar-refractivity contribution in [2.24, 2.45) is 0 Å². The Morgan fingerprint density at radius 3 is 2.57 bits per heavy atom. The van der Waals surface area contributed by atoms with Gasteiger partial charge in [0.15, 0.2) is 0 Å². The smallest absolute Gasteiger partial charge is 0.230 e. The first-order valence-electron chi connectivity index (χ1n) is 9.46. The standard InChI is InChI=1S/C22H22FN3O2/c1-15-20(25-22(28-15)18-6-2-3-7-19(18)23)14-21(27)24-16-8-10-17(11-9-16)26-12-4-5-13-26/h2-3,6-11H,4-5,12-14H2,1H3,(H,24,27). The monoisotopic (exact) mass is 379 g/mol. The van der Waals surface area contributed by atoms with Crippen LogP contribution in [0.1, 0.15) is 24.3 Å². The number of aromatic nitrogens is 1. The summed E-state index contributed by atoms with van der Waals surface area (Å²) in [6.07, 6.45) is 2.52.